The Morgan fingerprint density at radius 1 is 1.40 bits per heavy atom. The third kappa shape index (κ3) is 2.85. The van der Waals surface area contributed by atoms with E-state index in [4.69, 9.17) is 31.0 Å². The van der Waals surface area contributed by atoms with Gasteiger partial charge in [0.25, 0.3) is 5.89 Å². The van der Waals surface area contributed by atoms with Crippen LogP contribution < -0.4 is 5.73 Å². The van der Waals surface area contributed by atoms with Crippen LogP contribution in [-0.4, -0.2) is 47.9 Å². The second-order valence-corrected chi connectivity index (χ2v) is 4.93. The zero-order valence-corrected chi connectivity index (χ0v) is 11.5. The molecule has 0 aliphatic carbocycles. The fourth-order valence-corrected chi connectivity index (χ4v) is 2.28. The highest BCUT2D eigenvalue weighted by atomic mass is 35.5. The lowest BCUT2D eigenvalue weighted by Gasteiger charge is -2.27. The van der Waals surface area contributed by atoms with Crippen LogP contribution in [0.15, 0.2) is 21.3 Å². The van der Waals surface area contributed by atoms with Gasteiger partial charge in [-0.1, -0.05) is 5.16 Å². The van der Waals surface area contributed by atoms with Crippen molar-refractivity contribution >= 4 is 11.6 Å². The van der Waals surface area contributed by atoms with Gasteiger partial charge >= 0.3 is 0 Å². The summed E-state index contributed by atoms with van der Waals surface area (Å²) in [5.74, 6) is 0.778. The fourth-order valence-electron chi connectivity index (χ4n) is 2.08. The fraction of sp³-hybridized carbons (Fsp3) is 0.500. The van der Waals surface area contributed by atoms with Crippen LogP contribution >= 0.6 is 11.6 Å². The van der Waals surface area contributed by atoms with Gasteiger partial charge in [-0.2, -0.15) is 4.98 Å². The van der Waals surface area contributed by atoms with Gasteiger partial charge in [-0.15, -0.1) is 0 Å². The maximum atomic E-state index is 6.11. The monoisotopic (exact) mass is 298 g/mol. The van der Waals surface area contributed by atoms with Gasteiger partial charge in [0, 0.05) is 19.6 Å². The summed E-state index contributed by atoms with van der Waals surface area (Å²) in [5, 5.41) is 4.13. The Labute approximate surface area is 120 Å². The largest absolute Gasteiger partial charge is 0.452 e. The lowest BCUT2D eigenvalue weighted by Crippen LogP contribution is -2.40. The van der Waals surface area contributed by atoms with Crippen LogP contribution in [0.3, 0.4) is 0 Å². The summed E-state index contributed by atoms with van der Waals surface area (Å²) in [6, 6.07) is 1.36. The predicted octanol–water partition coefficient (Wildman–Crippen LogP) is 1.31. The van der Waals surface area contributed by atoms with E-state index in [9.17, 15) is 0 Å². The number of halogens is 1. The number of nitrogens with zero attached hydrogens (tertiary/aromatic N) is 3. The van der Waals surface area contributed by atoms with Crippen molar-refractivity contribution in [2.75, 3.05) is 32.8 Å². The molecule has 1 aliphatic rings. The minimum atomic E-state index is -0.309. The Bertz CT molecular complexity index is 565. The molecule has 0 radical (unpaired) electrons. The Morgan fingerprint density at radius 3 is 2.90 bits per heavy atom. The first-order valence-corrected chi connectivity index (χ1v) is 6.74. The highest BCUT2D eigenvalue weighted by molar-refractivity contribution is 6.31. The minimum Gasteiger partial charge on any atom is -0.452 e. The molecule has 0 bridgehead atoms. The van der Waals surface area contributed by atoms with Crippen molar-refractivity contribution in [3.8, 4) is 11.5 Å². The molecule has 2 N–H and O–H groups in total. The zero-order chi connectivity index (χ0) is 13.9. The quantitative estimate of drug-likeness (QED) is 0.910. The van der Waals surface area contributed by atoms with Crippen LogP contribution in [-0.2, 0) is 4.74 Å². The van der Waals surface area contributed by atoms with E-state index in [1.165, 1.54) is 6.26 Å². The second kappa shape index (κ2) is 5.92. The van der Waals surface area contributed by atoms with E-state index in [-0.39, 0.29) is 11.3 Å². The predicted molar refractivity (Wildman–Crippen MR) is 71.2 cm³/mol. The van der Waals surface area contributed by atoms with Crippen molar-refractivity contribution in [3.05, 3.63) is 23.4 Å². The van der Waals surface area contributed by atoms with Crippen molar-refractivity contribution in [1.82, 2.24) is 15.0 Å². The molecule has 0 amide bonds. The molecule has 20 heavy (non-hydrogen) atoms. The number of rotatable bonds is 4. The summed E-state index contributed by atoms with van der Waals surface area (Å²) in [5.41, 5.74) is 6.68. The van der Waals surface area contributed by atoms with E-state index in [1.54, 1.807) is 6.07 Å². The van der Waals surface area contributed by atoms with Crippen LogP contribution in [0, 0.1) is 0 Å². The standard InChI is InChI=1S/C12H15ClN4O3/c13-10-8(1-4-19-10)12-15-11(16-20-12)9(14)7-17-2-5-18-6-3-17/h1,4,9H,2-3,5-7,14H2. The van der Waals surface area contributed by atoms with E-state index in [2.05, 4.69) is 15.0 Å². The zero-order valence-electron chi connectivity index (χ0n) is 10.8. The molecule has 8 heteroatoms. The molecule has 3 rings (SSSR count). The summed E-state index contributed by atoms with van der Waals surface area (Å²) >= 11 is 5.87. The first-order chi connectivity index (χ1) is 9.74. The second-order valence-electron chi connectivity index (χ2n) is 4.59. The number of morpholine rings is 1. The van der Waals surface area contributed by atoms with Crippen LogP contribution in [0.1, 0.15) is 11.9 Å². The lowest BCUT2D eigenvalue weighted by molar-refractivity contribution is 0.0348. The number of furan rings is 1. The van der Waals surface area contributed by atoms with Crippen LogP contribution in [0.25, 0.3) is 11.5 Å². The van der Waals surface area contributed by atoms with Crippen molar-refractivity contribution in [2.45, 2.75) is 6.04 Å². The van der Waals surface area contributed by atoms with Gasteiger partial charge in [-0.05, 0) is 17.7 Å². The maximum Gasteiger partial charge on any atom is 0.262 e. The van der Waals surface area contributed by atoms with Gasteiger partial charge in [0.05, 0.1) is 31.1 Å². The van der Waals surface area contributed by atoms with E-state index >= 15 is 0 Å². The van der Waals surface area contributed by atoms with Crippen LogP contribution in [0.4, 0.5) is 0 Å². The van der Waals surface area contributed by atoms with Crippen molar-refractivity contribution in [3.63, 3.8) is 0 Å². The van der Waals surface area contributed by atoms with Crippen LogP contribution in [0.5, 0.6) is 0 Å². The number of ether oxygens (including phenoxy) is 1. The average Bonchev–Trinajstić information content (AvgIpc) is 3.08. The molecular formula is C12H15ClN4O3. The molecule has 3 heterocycles. The number of hydrogen-bond donors (Lipinski definition) is 1. The molecule has 7 nitrogen and oxygen atoms in total. The molecule has 1 atom stereocenters. The molecular weight excluding hydrogens is 284 g/mol. The molecule has 108 valence electrons. The molecule has 1 aliphatic heterocycles. The van der Waals surface area contributed by atoms with Crippen LogP contribution in [0.2, 0.25) is 5.22 Å². The van der Waals surface area contributed by atoms with E-state index in [0.29, 0.717) is 23.8 Å². The molecule has 1 saturated heterocycles. The smallest absolute Gasteiger partial charge is 0.262 e. The summed E-state index contributed by atoms with van der Waals surface area (Å²) in [4.78, 5) is 6.49. The van der Waals surface area contributed by atoms with Gasteiger partial charge in [-0.25, -0.2) is 0 Å². The summed E-state index contributed by atoms with van der Waals surface area (Å²) in [6.45, 7) is 3.86. The third-order valence-corrected chi connectivity index (χ3v) is 3.47. The maximum absolute atomic E-state index is 6.11. The van der Waals surface area contributed by atoms with E-state index in [1.807, 2.05) is 0 Å². The first-order valence-electron chi connectivity index (χ1n) is 6.36. The Balaban J connectivity index is 1.68. The number of aromatic nitrogens is 2. The molecule has 2 aromatic rings. The third-order valence-electron chi connectivity index (χ3n) is 3.18. The highest BCUT2D eigenvalue weighted by Gasteiger charge is 2.21. The van der Waals surface area contributed by atoms with Gasteiger partial charge < -0.3 is 19.4 Å². The van der Waals surface area contributed by atoms with Gasteiger partial charge in [0.1, 0.15) is 0 Å². The van der Waals surface area contributed by atoms with Crippen molar-refractivity contribution in [2.24, 2.45) is 5.73 Å². The Kier molecular flexibility index (Phi) is 4.02. The molecule has 0 aromatic carbocycles. The van der Waals surface area contributed by atoms with Gasteiger partial charge in [-0.3, -0.25) is 4.90 Å². The van der Waals surface area contributed by atoms with Crippen molar-refractivity contribution in [1.29, 1.82) is 0 Å². The Hall–Kier alpha value is -1.41. The molecule has 0 saturated carbocycles. The molecule has 0 spiro atoms. The molecule has 1 fully saturated rings. The van der Waals surface area contributed by atoms with E-state index < -0.39 is 0 Å². The highest BCUT2D eigenvalue weighted by Crippen LogP contribution is 2.27. The number of hydrogen-bond acceptors (Lipinski definition) is 7. The Morgan fingerprint density at radius 2 is 2.20 bits per heavy atom. The summed E-state index contributed by atoms with van der Waals surface area (Å²) in [7, 11) is 0. The molecule has 2 aromatic heterocycles. The first kappa shape index (κ1) is 13.6. The van der Waals surface area contributed by atoms with Gasteiger partial charge in [0.2, 0.25) is 5.22 Å². The van der Waals surface area contributed by atoms with Gasteiger partial charge in [0.15, 0.2) is 5.82 Å². The molecule has 1 unspecified atom stereocenters. The summed E-state index contributed by atoms with van der Waals surface area (Å²) in [6.07, 6.45) is 1.47. The minimum absolute atomic E-state index is 0.224. The van der Waals surface area contributed by atoms with E-state index in [0.717, 1.165) is 26.3 Å². The summed E-state index contributed by atoms with van der Waals surface area (Å²) < 4.78 is 15.5. The normalized spacial score (nSPS) is 18.3. The topological polar surface area (TPSA) is 90.5 Å². The SMILES string of the molecule is NC(CN1CCOCC1)c1noc(-c2ccoc2Cl)n1. The lowest BCUT2D eigenvalue weighted by atomic mass is 10.2. The average molecular weight is 299 g/mol. The number of nitrogens with two attached hydrogens (primary N) is 1. The van der Waals surface area contributed by atoms with Crippen molar-refractivity contribution < 1.29 is 13.7 Å².